The number of nitriles is 1. The molecule has 1 rings (SSSR count). The zero-order valence-corrected chi connectivity index (χ0v) is 10.1. The molecule has 16 heavy (non-hydrogen) atoms. The van der Waals surface area contributed by atoms with Crippen molar-refractivity contribution in [3.8, 4) is 6.07 Å². The SMILES string of the molecule is CNC(C#N)CCN(C)Cc1nccn1C. The van der Waals surface area contributed by atoms with Crippen LogP contribution in [0.15, 0.2) is 12.4 Å². The predicted molar refractivity (Wildman–Crippen MR) is 62.6 cm³/mol. The minimum Gasteiger partial charge on any atom is -0.337 e. The minimum atomic E-state index is -0.0659. The van der Waals surface area contributed by atoms with E-state index in [1.54, 1.807) is 6.20 Å². The highest BCUT2D eigenvalue weighted by Crippen LogP contribution is 2.01. The van der Waals surface area contributed by atoms with Gasteiger partial charge in [-0.05, 0) is 20.5 Å². The molecule has 0 saturated heterocycles. The average molecular weight is 221 g/mol. The maximum absolute atomic E-state index is 8.79. The fourth-order valence-corrected chi connectivity index (χ4v) is 1.49. The van der Waals surface area contributed by atoms with E-state index in [0.717, 1.165) is 25.3 Å². The summed E-state index contributed by atoms with van der Waals surface area (Å²) in [6, 6.07) is 2.15. The normalized spacial score (nSPS) is 12.7. The molecule has 1 unspecified atom stereocenters. The Balaban J connectivity index is 2.34. The number of aryl methyl sites for hydroxylation is 1. The Morgan fingerprint density at radius 1 is 1.69 bits per heavy atom. The number of nitrogens with zero attached hydrogens (tertiary/aromatic N) is 4. The lowest BCUT2D eigenvalue weighted by atomic mass is 10.2. The third-order valence-electron chi connectivity index (χ3n) is 2.64. The Morgan fingerprint density at radius 3 is 2.94 bits per heavy atom. The molecular weight excluding hydrogens is 202 g/mol. The monoisotopic (exact) mass is 221 g/mol. The van der Waals surface area contributed by atoms with E-state index in [1.165, 1.54) is 0 Å². The summed E-state index contributed by atoms with van der Waals surface area (Å²) in [6.07, 6.45) is 4.57. The van der Waals surface area contributed by atoms with Gasteiger partial charge in [0.1, 0.15) is 5.82 Å². The molecule has 0 bridgehead atoms. The van der Waals surface area contributed by atoms with Gasteiger partial charge in [0.2, 0.25) is 0 Å². The van der Waals surface area contributed by atoms with E-state index >= 15 is 0 Å². The molecule has 0 aliphatic rings. The molecule has 88 valence electrons. The van der Waals surface area contributed by atoms with Crippen LogP contribution in [0.4, 0.5) is 0 Å². The molecule has 0 spiro atoms. The van der Waals surface area contributed by atoms with Crippen molar-refractivity contribution < 1.29 is 0 Å². The first kappa shape index (κ1) is 12.7. The highest BCUT2D eigenvalue weighted by atomic mass is 15.1. The second-order valence-corrected chi connectivity index (χ2v) is 3.95. The molecule has 0 saturated carbocycles. The molecule has 0 aliphatic carbocycles. The zero-order chi connectivity index (χ0) is 12.0. The van der Waals surface area contributed by atoms with Crippen molar-refractivity contribution in [2.24, 2.45) is 7.05 Å². The lowest BCUT2D eigenvalue weighted by Crippen LogP contribution is -2.29. The lowest BCUT2D eigenvalue weighted by Gasteiger charge is -2.17. The van der Waals surface area contributed by atoms with Crippen molar-refractivity contribution in [3.05, 3.63) is 18.2 Å². The quantitative estimate of drug-likeness (QED) is 0.753. The molecule has 0 amide bonds. The van der Waals surface area contributed by atoms with Crippen LogP contribution in [0.1, 0.15) is 12.2 Å². The van der Waals surface area contributed by atoms with Gasteiger partial charge < -0.3 is 9.88 Å². The summed E-state index contributed by atoms with van der Waals surface area (Å²) in [5, 5.41) is 11.8. The summed E-state index contributed by atoms with van der Waals surface area (Å²) in [7, 11) is 5.84. The highest BCUT2D eigenvalue weighted by molar-refractivity contribution is 4.92. The maximum Gasteiger partial charge on any atom is 0.122 e. The number of imidazole rings is 1. The van der Waals surface area contributed by atoms with Crippen LogP contribution in [0.2, 0.25) is 0 Å². The molecule has 5 nitrogen and oxygen atoms in total. The fraction of sp³-hybridized carbons (Fsp3) is 0.636. The van der Waals surface area contributed by atoms with Crippen LogP contribution < -0.4 is 5.32 Å². The van der Waals surface area contributed by atoms with Gasteiger partial charge in [0.15, 0.2) is 0 Å². The molecule has 0 radical (unpaired) electrons. The van der Waals surface area contributed by atoms with E-state index in [-0.39, 0.29) is 6.04 Å². The van der Waals surface area contributed by atoms with Crippen molar-refractivity contribution in [1.29, 1.82) is 5.26 Å². The van der Waals surface area contributed by atoms with Crippen LogP contribution in [0.25, 0.3) is 0 Å². The van der Waals surface area contributed by atoms with Crippen LogP contribution in [0.5, 0.6) is 0 Å². The Kier molecular flexibility index (Phi) is 4.96. The maximum atomic E-state index is 8.79. The second-order valence-electron chi connectivity index (χ2n) is 3.95. The largest absolute Gasteiger partial charge is 0.337 e. The first-order valence-corrected chi connectivity index (χ1v) is 5.39. The fourth-order valence-electron chi connectivity index (χ4n) is 1.49. The van der Waals surface area contributed by atoms with E-state index in [9.17, 15) is 0 Å². The highest BCUT2D eigenvalue weighted by Gasteiger charge is 2.08. The predicted octanol–water partition coefficient (Wildman–Crippen LogP) is 0.354. The van der Waals surface area contributed by atoms with E-state index < -0.39 is 0 Å². The Bertz CT molecular complexity index is 352. The standard InChI is InChI=1S/C11H19N5/c1-13-10(8-12)4-6-15(2)9-11-14-5-7-16(11)3/h5,7,10,13H,4,6,9H2,1-3H3. The first-order valence-electron chi connectivity index (χ1n) is 5.39. The Morgan fingerprint density at radius 2 is 2.44 bits per heavy atom. The van der Waals surface area contributed by atoms with Crippen molar-refractivity contribution in [3.63, 3.8) is 0 Å². The molecular formula is C11H19N5. The first-order chi connectivity index (χ1) is 7.67. The average Bonchev–Trinajstić information content (AvgIpc) is 2.66. The van der Waals surface area contributed by atoms with Crippen LogP contribution >= 0.6 is 0 Å². The molecule has 1 aromatic rings. The number of nitrogens with one attached hydrogen (secondary N) is 1. The van der Waals surface area contributed by atoms with Gasteiger partial charge in [0.25, 0.3) is 0 Å². The van der Waals surface area contributed by atoms with Crippen LogP contribution in [-0.4, -0.2) is 41.1 Å². The van der Waals surface area contributed by atoms with Gasteiger partial charge in [-0.3, -0.25) is 4.90 Å². The van der Waals surface area contributed by atoms with Gasteiger partial charge in [-0.1, -0.05) is 0 Å². The molecule has 5 heteroatoms. The molecule has 0 aromatic carbocycles. The molecule has 1 aromatic heterocycles. The smallest absolute Gasteiger partial charge is 0.122 e. The summed E-state index contributed by atoms with van der Waals surface area (Å²) in [5.74, 6) is 1.04. The van der Waals surface area contributed by atoms with Crippen molar-refractivity contribution >= 4 is 0 Å². The van der Waals surface area contributed by atoms with E-state index in [1.807, 2.05) is 31.9 Å². The van der Waals surface area contributed by atoms with Crippen LogP contribution in [-0.2, 0) is 13.6 Å². The molecule has 0 aliphatic heterocycles. The van der Waals surface area contributed by atoms with Gasteiger partial charge in [-0.2, -0.15) is 5.26 Å². The van der Waals surface area contributed by atoms with Gasteiger partial charge in [-0.25, -0.2) is 4.98 Å². The molecule has 0 fully saturated rings. The summed E-state index contributed by atoms with van der Waals surface area (Å²) in [6.45, 7) is 1.69. The number of rotatable bonds is 6. The lowest BCUT2D eigenvalue weighted by molar-refractivity contribution is 0.302. The third-order valence-corrected chi connectivity index (χ3v) is 2.64. The summed E-state index contributed by atoms with van der Waals surface area (Å²) in [4.78, 5) is 6.43. The van der Waals surface area contributed by atoms with Crippen LogP contribution in [0.3, 0.4) is 0 Å². The zero-order valence-electron chi connectivity index (χ0n) is 10.1. The van der Waals surface area contributed by atoms with E-state index in [4.69, 9.17) is 5.26 Å². The van der Waals surface area contributed by atoms with Crippen LogP contribution in [0, 0.1) is 11.3 Å². The number of hydrogen-bond donors (Lipinski definition) is 1. The van der Waals surface area contributed by atoms with Crippen molar-refractivity contribution in [1.82, 2.24) is 19.8 Å². The third kappa shape index (κ3) is 3.65. The Labute approximate surface area is 96.7 Å². The summed E-state index contributed by atoms with van der Waals surface area (Å²) >= 11 is 0. The minimum absolute atomic E-state index is 0.0659. The van der Waals surface area contributed by atoms with Gasteiger partial charge in [-0.15, -0.1) is 0 Å². The van der Waals surface area contributed by atoms with E-state index in [2.05, 4.69) is 21.3 Å². The van der Waals surface area contributed by atoms with Gasteiger partial charge >= 0.3 is 0 Å². The molecule has 1 N–H and O–H groups in total. The number of aromatic nitrogens is 2. The summed E-state index contributed by atoms with van der Waals surface area (Å²) < 4.78 is 2.01. The van der Waals surface area contributed by atoms with Gasteiger partial charge in [0.05, 0.1) is 18.7 Å². The molecule has 1 atom stereocenters. The van der Waals surface area contributed by atoms with Crippen molar-refractivity contribution in [2.45, 2.75) is 19.0 Å². The second kappa shape index (κ2) is 6.26. The topological polar surface area (TPSA) is 56.9 Å². The number of hydrogen-bond acceptors (Lipinski definition) is 4. The van der Waals surface area contributed by atoms with Gasteiger partial charge in [0, 0.05) is 26.0 Å². The Hall–Kier alpha value is -1.38. The summed E-state index contributed by atoms with van der Waals surface area (Å²) in [5.41, 5.74) is 0. The molecule has 1 heterocycles. The van der Waals surface area contributed by atoms with E-state index in [0.29, 0.717) is 0 Å². The van der Waals surface area contributed by atoms with Crippen molar-refractivity contribution in [2.75, 3.05) is 20.6 Å².